The minimum atomic E-state index is -0.138. The van der Waals surface area contributed by atoms with E-state index in [0.29, 0.717) is 10.8 Å². The van der Waals surface area contributed by atoms with Crippen LogP contribution in [0.1, 0.15) is 36.5 Å². The molecule has 0 bridgehead atoms. The predicted molar refractivity (Wildman–Crippen MR) is 81.6 cm³/mol. The van der Waals surface area contributed by atoms with Gasteiger partial charge in [-0.05, 0) is 32.4 Å². The number of amides is 1. The highest BCUT2D eigenvalue weighted by Crippen LogP contribution is 2.19. The fourth-order valence-electron chi connectivity index (χ4n) is 1.56. The fraction of sp³-hybridized carbons (Fsp3) is 0.357. The van der Waals surface area contributed by atoms with Crippen molar-refractivity contribution < 1.29 is 4.79 Å². The summed E-state index contributed by atoms with van der Waals surface area (Å²) in [6.45, 7) is 5.93. The van der Waals surface area contributed by atoms with Crippen LogP contribution in [-0.2, 0) is 0 Å². The molecule has 2 aromatic heterocycles. The monoisotopic (exact) mass is 290 g/mol. The van der Waals surface area contributed by atoms with Crippen LogP contribution >= 0.6 is 11.3 Å². The zero-order valence-corrected chi connectivity index (χ0v) is 12.6. The number of aromatic nitrogens is 2. The molecule has 0 saturated carbocycles. The third kappa shape index (κ3) is 3.77. The highest BCUT2D eigenvalue weighted by atomic mass is 32.1. The molecule has 0 radical (unpaired) electrons. The summed E-state index contributed by atoms with van der Waals surface area (Å²) in [7, 11) is 0. The maximum atomic E-state index is 11.9. The summed E-state index contributed by atoms with van der Waals surface area (Å²) in [5.74, 6) is 0.592. The molecule has 1 unspecified atom stereocenters. The summed E-state index contributed by atoms with van der Waals surface area (Å²) in [5, 5.41) is 8.41. The smallest absolute Gasteiger partial charge is 0.271 e. The Kier molecular flexibility index (Phi) is 4.68. The van der Waals surface area contributed by atoms with Gasteiger partial charge in [-0.2, -0.15) is 0 Å². The number of hydrogen-bond donors (Lipinski definition) is 2. The first-order chi connectivity index (χ1) is 9.58. The van der Waals surface area contributed by atoms with E-state index in [1.807, 2.05) is 39.0 Å². The van der Waals surface area contributed by atoms with Crippen molar-refractivity contribution in [3.05, 3.63) is 35.0 Å². The molecule has 0 fully saturated rings. The molecule has 0 aromatic carbocycles. The lowest BCUT2D eigenvalue weighted by Gasteiger charge is -2.09. The van der Waals surface area contributed by atoms with E-state index in [1.165, 1.54) is 11.3 Å². The molecular formula is C14H18N4OS. The van der Waals surface area contributed by atoms with Gasteiger partial charge in [0.1, 0.15) is 11.5 Å². The normalized spacial score (nSPS) is 11.9. The van der Waals surface area contributed by atoms with Gasteiger partial charge in [0.2, 0.25) is 0 Å². The number of carbonyl (C=O) groups is 1. The average molecular weight is 290 g/mol. The van der Waals surface area contributed by atoms with Gasteiger partial charge in [-0.15, -0.1) is 11.3 Å². The molecule has 2 N–H and O–H groups in total. The Balaban J connectivity index is 2.04. The first-order valence-corrected chi connectivity index (χ1v) is 7.43. The molecule has 1 amide bonds. The first kappa shape index (κ1) is 14.5. The molecule has 106 valence electrons. The number of pyridine rings is 1. The van der Waals surface area contributed by atoms with E-state index in [9.17, 15) is 4.79 Å². The van der Waals surface area contributed by atoms with E-state index >= 15 is 0 Å². The zero-order chi connectivity index (χ0) is 14.5. The van der Waals surface area contributed by atoms with Crippen LogP contribution in [0.5, 0.6) is 0 Å². The predicted octanol–water partition coefficient (Wildman–Crippen LogP) is 3.12. The van der Waals surface area contributed by atoms with E-state index in [1.54, 1.807) is 5.38 Å². The van der Waals surface area contributed by atoms with Crippen LogP contribution < -0.4 is 10.6 Å². The largest absolute Gasteiger partial charge is 0.348 e. The molecule has 6 heteroatoms. The van der Waals surface area contributed by atoms with Crippen molar-refractivity contribution >= 4 is 28.2 Å². The summed E-state index contributed by atoms with van der Waals surface area (Å²) in [5.41, 5.74) is 1.37. The van der Waals surface area contributed by atoms with Crippen molar-refractivity contribution in [2.45, 2.75) is 33.2 Å². The Morgan fingerprint density at radius 1 is 1.40 bits per heavy atom. The maximum absolute atomic E-state index is 11.9. The van der Waals surface area contributed by atoms with Gasteiger partial charge >= 0.3 is 0 Å². The molecule has 2 rings (SSSR count). The average Bonchev–Trinajstić information content (AvgIpc) is 2.87. The summed E-state index contributed by atoms with van der Waals surface area (Å²) < 4.78 is 0. The van der Waals surface area contributed by atoms with Crippen molar-refractivity contribution in [2.75, 3.05) is 5.32 Å². The highest BCUT2D eigenvalue weighted by Gasteiger charge is 2.12. The second-order valence-electron chi connectivity index (χ2n) is 4.61. The molecule has 0 aliphatic carbocycles. The number of thiazole rings is 1. The third-order valence-corrected chi connectivity index (χ3v) is 3.61. The number of nitrogens with one attached hydrogen (secondary N) is 2. The summed E-state index contributed by atoms with van der Waals surface area (Å²) in [6, 6.07) is 5.87. The van der Waals surface area contributed by atoms with E-state index in [2.05, 4.69) is 20.6 Å². The van der Waals surface area contributed by atoms with E-state index in [4.69, 9.17) is 0 Å². The molecule has 0 aliphatic heterocycles. The lowest BCUT2D eigenvalue weighted by atomic mass is 10.2. The van der Waals surface area contributed by atoms with Crippen LogP contribution in [0.15, 0.2) is 23.6 Å². The Labute approximate surface area is 122 Å². The van der Waals surface area contributed by atoms with Crippen molar-refractivity contribution in [2.24, 2.45) is 0 Å². The standard InChI is InChI=1S/C14H18N4OS/c1-4-9(2)16-13(19)11-8-20-14(17-11)18-12-7-5-6-10(3)15-12/h5-9H,4H2,1-3H3,(H,16,19)(H,15,17,18). The summed E-state index contributed by atoms with van der Waals surface area (Å²) in [6.07, 6.45) is 0.897. The zero-order valence-electron chi connectivity index (χ0n) is 11.8. The SMILES string of the molecule is CCC(C)NC(=O)c1csc(Nc2cccc(C)n2)n1. The first-order valence-electron chi connectivity index (χ1n) is 6.55. The van der Waals surface area contributed by atoms with Crippen molar-refractivity contribution in [3.8, 4) is 0 Å². The second-order valence-corrected chi connectivity index (χ2v) is 5.47. The number of anilines is 2. The lowest BCUT2D eigenvalue weighted by Crippen LogP contribution is -2.32. The Hall–Kier alpha value is -1.95. The van der Waals surface area contributed by atoms with Gasteiger partial charge in [0.15, 0.2) is 5.13 Å². The van der Waals surface area contributed by atoms with E-state index in [-0.39, 0.29) is 11.9 Å². The van der Waals surface area contributed by atoms with Crippen LogP contribution in [0.3, 0.4) is 0 Å². The minimum absolute atomic E-state index is 0.138. The molecule has 20 heavy (non-hydrogen) atoms. The Bertz CT molecular complexity index is 596. The molecule has 0 spiro atoms. The molecule has 2 heterocycles. The Morgan fingerprint density at radius 3 is 2.90 bits per heavy atom. The molecule has 0 aliphatic rings. The Morgan fingerprint density at radius 2 is 2.20 bits per heavy atom. The quantitative estimate of drug-likeness (QED) is 0.888. The van der Waals surface area contributed by atoms with Gasteiger partial charge in [-0.25, -0.2) is 9.97 Å². The molecule has 0 saturated heterocycles. The molecule has 5 nitrogen and oxygen atoms in total. The van der Waals surface area contributed by atoms with Gasteiger partial charge in [-0.1, -0.05) is 13.0 Å². The minimum Gasteiger partial charge on any atom is -0.348 e. The summed E-state index contributed by atoms with van der Waals surface area (Å²) >= 11 is 1.39. The number of aryl methyl sites for hydroxylation is 1. The van der Waals surface area contributed by atoms with Crippen LogP contribution in [0.25, 0.3) is 0 Å². The number of carbonyl (C=O) groups excluding carboxylic acids is 1. The molecule has 1 atom stereocenters. The highest BCUT2D eigenvalue weighted by molar-refractivity contribution is 7.14. The fourth-order valence-corrected chi connectivity index (χ4v) is 2.26. The molecular weight excluding hydrogens is 272 g/mol. The summed E-state index contributed by atoms with van der Waals surface area (Å²) in [4.78, 5) is 20.5. The van der Waals surface area contributed by atoms with Gasteiger partial charge in [0.25, 0.3) is 5.91 Å². The topological polar surface area (TPSA) is 66.9 Å². The van der Waals surface area contributed by atoms with Gasteiger partial charge in [0, 0.05) is 17.1 Å². The van der Waals surface area contributed by atoms with Crippen molar-refractivity contribution in [1.29, 1.82) is 0 Å². The number of hydrogen-bond acceptors (Lipinski definition) is 5. The van der Waals surface area contributed by atoms with E-state index in [0.717, 1.165) is 17.9 Å². The van der Waals surface area contributed by atoms with Gasteiger partial charge in [0.05, 0.1) is 0 Å². The lowest BCUT2D eigenvalue weighted by molar-refractivity contribution is 0.0935. The van der Waals surface area contributed by atoms with Crippen molar-refractivity contribution in [3.63, 3.8) is 0 Å². The van der Waals surface area contributed by atoms with Crippen LogP contribution in [0.2, 0.25) is 0 Å². The number of rotatable bonds is 5. The second kappa shape index (κ2) is 6.47. The maximum Gasteiger partial charge on any atom is 0.271 e. The molecule has 2 aromatic rings. The van der Waals surface area contributed by atoms with Gasteiger partial charge in [-0.3, -0.25) is 4.79 Å². The van der Waals surface area contributed by atoms with E-state index < -0.39 is 0 Å². The number of nitrogens with zero attached hydrogens (tertiary/aromatic N) is 2. The van der Waals surface area contributed by atoms with Crippen molar-refractivity contribution in [1.82, 2.24) is 15.3 Å². The van der Waals surface area contributed by atoms with Gasteiger partial charge < -0.3 is 10.6 Å². The third-order valence-electron chi connectivity index (χ3n) is 2.85. The van der Waals surface area contributed by atoms with Crippen LogP contribution in [0.4, 0.5) is 10.9 Å². The van der Waals surface area contributed by atoms with Crippen LogP contribution in [-0.4, -0.2) is 21.9 Å². The van der Waals surface area contributed by atoms with Crippen LogP contribution in [0, 0.1) is 6.92 Å².